The molecular formula is C23H47N2O4+. The molecule has 0 N–H and O–H groups in total. The van der Waals surface area contributed by atoms with Gasteiger partial charge in [-0.3, -0.25) is 9.63 Å². The Balaban J connectivity index is 4.10. The van der Waals surface area contributed by atoms with E-state index in [9.17, 15) is 9.59 Å². The maximum Gasteiger partial charge on any atom is 0.355 e. The number of quaternary nitrogens is 1. The minimum Gasteiger partial charge on any atom is -0.272 e. The highest BCUT2D eigenvalue weighted by atomic mass is 16.7. The van der Waals surface area contributed by atoms with Gasteiger partial charge in [-0.05, 0) is 19.8 Å². The van der Waals surface area contributed by atoms with Gasteiger partial charge in [0.2, 0.25) is 0 Å². The third-order valence-corrected chi connectivity index (χ3v) is 5.44. The molecule has 0 aliphatic heterocycles. The maximum absolute atomic E-state index is 12.6. The smallest absolute Gasteiger partial charge is 0.272 e. The van der Waals surface area contributed by atoms with Crippen LogP contribution < -0.4 is 0 Å². The van der Waals surface area contributed by atoms with Crippen LogP contribution in [0.25, 0.3) is 0 Å². The molecule has 1 atom stereocenters. The van der Waals surface area contributed by atoms with E-state index < -0.39 is 0 Å². The quantitative estimate of drug-likeness (QED) is 0.122. The monoisotopic (exact) mass is 415 g/mol. The highest BCUT2D eigenvalue weighted by Gasteiger charge is 2.34. The Labute approximate surface area is 179 Å². The van der Waals surface area contributed by atoms with Gasteiger partial charge < -0.3 is 0 Å². The van der Waals surface area contributed by atoms with Crippen LogP contribution in [-0.2, 0) is 19.3 Å². The average Bonchev–Trinajstić information content (AvgIpc) is 2.71. The Morgan fingerprint density at radius 3 is 1.76 bits per heavy atom. The molecule has 0 rings (SSSR count). The van der Waals surface area contributed by atoms with Crippen LogP contribution in [0, 0.1) is 0 Å². The molecule has 0 aromatic heterocycles. The summed E-state index contributed by atoms with van der Waals surface area (Å²) in [6, 6.07) is 0. The van der Waals surface area contributed by atoms with Crippen molar-refractivity contribution in [2.75, 3.05) is 33.9 Å². The highest BCUT2D eigenvalue weighted by Crippen LogP contribution is 2.12. The largest absolute Gasteiger partial charge is 0.355 e. The predicted molar refractivity (Wildman–Crippen MR) is 118 cm³/mol. The van der Waals surface area contributed by atoms with E-state index in [1.165, 1.54) is 56.4 Å². The minimum absolute atomic E-state index is 0.161. The first kappa shape index (κ1) is 28.0. The van der Waals surface area contributed by atoms with E-state index in [1.807, 2.05) is 6.92 Å². The van der Waals surface area contributed by atoms with Crippen LogP contribution in [0.1, 0.15) is 104 Å². The van der Waals surface area contributed by atoms with Crippen molar-refractivity contribution in [3.05, 3.63) is 0 Å². The fourth-order valence-corrected chi connectivity index (χ4v) is 3.05. The van der Waals surface area contributed by atoms with Crippen LogP contribution in [0.5, 0.6) is 0 Å². The van der Waals surface area contributed by atoms with Gasteiger partial charge in [0, 0.05) is 7.05 Å². The van der Waals surface area contributed by atoms with Crippen LogP contribution in [0.2, 0.25) is 0 Å². The summed E-state index contributed by atoms with van der Waals surface area (Å²) >= 11 is 0. The van der Waals surface area contributed by atoms with E-state index in [-0.39, 0.29) is 22.9 Å². The fourth-order valence-electron chi connectivity index (χ4n) is 3.05. The van der Waals surface area contributed by atoms with Gasteiger partial charge in [0.05, 0.1) is 6.61 Å². The van der Waals surface area contributed by atoms with Crippen molar-refractivity contribution in [1.82, 2.24) is 5.06 Å². The second kappa shape index (κ2) is 17.8. The zero-order chi connectivity index (χ0) is 22.0. The van der Waals surface area contributed by atoms with Crippen LogP contribution in [-0.4, -0.2) is 55.4 Å². The van der Waals surface area contributed by atoms with Crippen molar-refractivity contribution < 1.29 is 23.9 Å². The third kappa shape index (κ3) is 13.8. The van der Waals surface area contributed by atoms with Gasteiger partial charge in [-0.1, -0.05) is 78.1 Å². The number of hydrogen-bond acceptors (Lipinski definition) is 4. The third-order valence-electron chi connectivity index (χ3n) is 5.44. The number of hydrogen-bond donors (Lipinski definition) is 0. The van der Waals surface area contributed by atoms with E-state index in [0.717, 1.165) is 25.7 Å². The van der Waals surface area contributed by atoms with Gasteiger partial charge >= 0.3 is 5.91 Å². The van der Waals surface area contributed by atoms with E-state index in [2.05, 4.69) is 13.8 Å². The van der Waals surface area contributed by atoms with E-state index >= 15 is 0 Å². The van der Waals surface area contributed by atoms with Gasteiger partial charge in [0.1, 0.15) is 26.6 Å². The lowest BCUT2D eigenvalue weighted by Crippen LogP contribution is -2.50. The SMILES string of the molecule is CCCCCCCCON(C)C(=O)CC(=O)[N+](C)(CC)OCCCCCCCC. The second-order valence-electron chi connectivity index (χ2n) is 8.08. The van der Waals surface area contributed by atoms with Crippen LogP contribution >= 0.6 is 0 Å². The lowest BCUT2D eigenvalue weighted by Gasteiger charge is -2.28. The van der Waals surface area contributed by atoms with Gasteiger partial charge in [-0.25, -0.2) is 9.86 Å². The van der Waals surface area contributed by atoms with Crippen molar-refractivity contribution in [1.29, 1.82) is 0 Å². The van der Waals surface area contributed by atoms with Crippen molar-refractivity contribution in [2.45, 2.75) is 104 Å². The number of rotatable bonds is 19. The molecule has 0 aromatic rings. The summed E-state index contributed by atoms with van der Waals surface area (Å²) in [4.78, 5) is 36.3. The van der Waals surface area contributed by atoms with E-state index in [0.29, 0.717) is 19.8 Å². The van der Waals surface area contributed by atoms with Gasteiger partial charge in [-0.15, -0.1) is 4.65 Å². The predicted octanol–water partition coefficient (Wildman–Crippen LogP) is 5.41. The summed E-state index contributed by atoms with van der Waals surface area (Å²) in [5, 5.41) is 1.21. The molecule has 172 valence electrons. The molecule has 6 nitrogen and oxygen atoms in total. The van der Waals surface area contributed by atoms with Crippen molar-refractivity contribution in [3.63, 3.8) is 0 Å². The zero-order valence-electron chi connectivity index (χ0n) is 19.8. The Bertz CT molecular complexity index is 431. The molecule has 29 heavy (non-hydrogen) atoms. The summed E-state index contributed by atoms with van der Waals surface area (Å²) in [5.74, 6) is -0.541. The molecular weight excluding hydrogens is 368 g/mol. The van der Waals surface area contributed by atoms with Gasteiger partial charge in [0.25, 0.3) is 5.91 Å². The number of hydroxylamine groups is 5. The number of amides is 2. The summed E-state index contributed by atoms with van der Waals surface area (Å²) in [5.41, 5.74) is 0. The number of unbranched alkanes of at least 4 members (excludes halogenated alkanes) is 10. The molecule has 0 aliphatic rings. The van der Waals surface area contributed by atoms with E-state index in [4.69, 9.17) is 9.68 Å². The molecule has 0 saturated heterocycles. The molecule has 1 unspecified atom stereocenters. The molecule has 0 radical (unpaired) electrons. The molecule has 0 bridgehead atoms. The fraction of sp³-hybridized carbons (Fsp3) is 0.913. The highest BCUT2D eigenvalue weighted by molar-refractivity contribution is 5.93. The summed E-state index contributed by atoms with van der Waals surface area (Å²) < 4.78 is -0.161. The second-order valence-corrected chi connectivity index (χ2v) is 8.08. The Kier molecular flexibility index (Phi) is 17.2. The minimum atomic E-state index is -0.318. The van der Waals surface area contributed by atoms with Crippen molar-refractivity contribution in [3.8, 4) is 0 Å². The van der Waals surface area contributed by atoms with E-state index in [1.54, 1.807) is 14.1 Å². The van der Waals surface area contributed by atoms with Crippen LogP contribution in [0.15, 0.2) is 0 Å². The van der Waals surface area contributed by atoms with Gasteiger partial charge in [0.15, 0.2) is 0 Å². The van der Waals surface area contributed by atoms with Crippen LogP contribution in [0.3, 0.4) is 0 Å². The summed E-state index contributed by atoms with van der Waals surface area (Å²) in [7, 11) is 3.32. The molecule has 6 heteroatoms. The molecule has 0 heterocycles. The first-order valence-electron chi connectivity index (χ1n) is 11.8. The first-order valence-corrected chi connectivity index (χ1v) is 11.8. The number of carbonyl (C=O) groups excluding carboxylic acids is 2. The summed E-state index contributed by atoms with van der Waals surface area (Å²) in [6.45, 7) is 7.87. The Hall–Kier alpha value is -0.980. The number of carbonyl (C=O) groups is 2. The zero-order valence-corrected chi connectivity index (χ0v) is 19.8. The molecule has 0 aromatic carbocycles. The molecule has 0 fully saturated rings. The summed E-state index contributed by atoms with van der Waals surface area (Å²) in [6.07, 6.45) is 13.9. The lowest BCUT2D eigenvalue weighted by molar-refractivity contribution is -1.03. The molecule has 0 aliphatic carbocycles. The molecule has 2 amide bonds. The maximum atomic E-state index is 12.6. The van der Waals surface area contributed by atoms with Crippen molar-refractivity contribution in [2.24, 2.45) is 0 Å². The first-order chi connectivity index (χ1) is 13.9. The Morgan fingerprint density at radius 1 is 0.759 bits per heavy atom. The molecule has 0 spiro atoms. The standard InChI is InChI=1S/C23H47N2O4/c1-6-9-11-13-15-17-19-28-24(4)22(26)21-23(27)25(5,8-3)29-20-18-16-14-12-10-7-2/h6-21H2,1-5H3/q+1. The van der Waals surface area contributed by atoms with Crippen molar-refractivity contribution >= 4 is 11.8 Å². The lowest BCUT2D eigenvalue weighted by atomic mass is 10.1. The topological polar surface area (TPSA) is 55.8 Å². The normalized spacial score (nSPS) is 13.3. The molecule has 0 saturated carbocycles. The Morgan fingerprint density at radius 2 is 1.24 bits per heavy atom. The van der Waals surface area contributed by atoms with Gasteiger partial charge in [-0.2, -0.15) is 4.84 Å². The average molecular weight is 416 g/mol. The number of nitrogens with zero attached hydrogens (tertiary/aromatic N) is 2. The van der Waals surface area contributed by atoms with Crippen LogP contribution in [0.4, 0.5) is 0 Å².